The molecule has 1 aromatic rings. The van der Waals surface area contributed by atoms with Gasteiger partial charge < -0.3 is 14.4 Å². The van der Waals surface area contributed by atoms with Gasteiger partial charge in [0.05, 0.1) is 6.61 Å². The lowest BCUT2D eigenvalue weighted by atomic mass is 10.4. The summed E-state index contributed by atoms with van der Waals surface area (Å²) < 4.78 is 41.1. The fourth-order valence-electron chi connectivity index (χ4n) is 1.11. The monoisotopic (exact) mass is 239 g/mol. The molecule has 1 rings (SSSR count). The van der Waals surface area contributed by atoms with Crippen LogP contribution < -0.4 is 0 Å². The fourth-order valence-corrected chi connectivity index (χ4v) is 1.11. The number of aliphatic hydroxyl groups is 1. The minimum absolute atomic E-state index is 0.0864. The number of alkyl halides is 3. The number of halogens is 3. The minimum Gasteiger partial charge on any atom is -0.388 e. The third-order valence-electron chi connectivity index (χ3n) is 1.93. The summed E-state index contributed by atoms with van der Waals surface area (Å²) in [5.41, 5.74) is 0. The first-order valence-corrected chi connectivity index (χ1v) is 4.56. The molecule has 0 spiro atoms. The maximum absolute atomic E-state index is 11.7. The lowest BCUT2D eigenvalue weighted by Gasteiger charge is -2.07. The van der Waals surface area contributed by atoms with E-state index in [1.165, 1.54) is 4.57 Å². The molecule has 0 aromatic carbocycles. The Bertz CT molecular complexity index is 338. The van der Waals surface area contributed by atoms with Crippen LogP contribution in [-0.2, 0) is 24.8 Å². The zero-order valence-corrected chi connectivity index (χ0v) is 8.66. The minimum atomic E-state index is -4.31. The number of ether oxygens (including phenoxy) is 1. The zero-order valence-electron chi connectivity index (χ0n) is 8.66. The highest BCUT2D eigenvalue weighted by Crippen LogP contribution is 2.14. The Morgan fingerprint density at radius 1 is 1.31 bits per heavy atom. The van der Waals surface area contributed by atoms with Gasteiger partial charge in [-0.3, -0.25) is 0 Å². The van der Waals surface area contributed by atoms with E-state index in [9.17, 15) is 13.2 Å². The summed E-state index contributed by atoms with van der Waals surface area (Å²) in [5, 5.41) is 16.2. The number of nitrogens with zero attached hydrogens (tertiary/aromatic N) is 3. The van der Waals surface area contributed by atoms with E-state index >= 15 is 0 Å². The van der Waals surface area contributed by atoms with Gasteiger partial charge in [0.15, 0.2) is 5.82 Å². The Labute approximate surface area is 89.9 Å². The van der Waals surface area contributed by atoms with Gasteiger partial charge in [-0.05, 0) is 0 Å². The van der Waals surface area contributed by atoms with Crippen LogP contribution in [0.4, 0.5) is 13.2 Å². The first-order valence-electron chi connectivity index (χ1n) is 4.56. The highest BCUT2D eigenvalue weighted by molar-refractivity contribution is 4.93. The van der Waals surface area contributed by atoms with Gasteiger partial charge in [-0.15, -0.1) is 10.2 Å². The molecule has 0 aliphatic heterocycles. The average molecular weight is 239 g/mol. The van der Waals surface area contributed by atoms with E-state index in [4.69, 9.17) is 5.11 Å². The normalized spacial score (nSPS) is 12.1. The number of aliphatic hydroxyl groups excluding tert-OH is 1. The Hall–Kier alpha value is -1.15. The van der Waals surface area contributed by atoms with Crippen LogP contribution in [0.3, 0.4) is 0 Å². The van der Waals surface area contributed by atoms with Crippen molar-refractivity contribution in [2.24, 2.45) is 7.05 Å². The van der Waals surface area contributed by atoms with E-state index < -0.39 is 12.8 Å². The van der Waals surface area contributed by atoms with Crippen LogP contribution >= 0.6 is 0 Å². The summed E-state index contributed by atoms with van der Waals surface area (Å²) in [5.74, 6) is 0.844. The van der Waals surface area contributed by atoms with Crippen LogP contribution in [0.5, 0.6) is 0 Å². The highest BCUT2D eigenvalue weighted by Gasteiger charge is 2.27. The van der Waals surface area contributed by atoms with Crippen molar-refractivity contribution < 1.29 is 23.0 Å². The number of rotatable bonds is 5. The van der Waals surface area contributed by atoms with Gasteiger partial charge in [-0.1, -0.05) is 0 Å². The molecule has 0 bridgehead atoms. The van der Waals surface area contributed by atoms with Gasteiger partial charge in [0, 0.05) is 13.5 Å². The van der Waals surface area contributed by atoms with Crippen LogP contribution in [0.1, 0.15) is 11.6 Å². The first-order chi connectivity index (χ1) is 7.44. The average Bonchev–Trinajstić information content (AvgIpc) is 2.53. The van der Waals surface area contributed by atoms with Crippen molar-refractivity contribution in [1.29, 1.82) is 0 Å². The van der Waals surface area contributed by atoms with Gasteiger partial charge in [0.1, 0.15) is 19.0 Å². The molecule has 1 aromatic heterocycles. The van der Waals surface area contributed by atoms with Gasteiger partial charge >= 0.3 is 6.18 Å². The maximum atomic E-state index is 11.7. The first kappa shape index (κ1) is 12.9. The van der Waals surface area contributed by atoms with Crippen molar-refractivity contribution in [3.63, 3.8) is 0 Å². The molecule has 0 unspecified atom stereocenters. The summed E-state index contributed by atoms with van der Waals surface area (Å²) in [6, 6.07) is 0. The molecule has 5 nitrogen and oxygen atoms in total. The summed E-state index contributed by atoms with van der Waals surface area (Å²) in [7, 11) is 1.63. The van der Waals surface area contributed by atoms with Crippen LogP contribution in [0.2, 0.25) is 0 Å². The molecule has 0 aliphatic carbocycles. The van der Waals surface area contributed by atoms with Gasteiger partial charge in [-0.25, -0.2) is 0 Å². The van der Waals surface area contributed by atoms with Crippen molar-refractivity contribution in [3.05, 3.63) is 11.6 Å². The largest absolute Gasteiger partial charge is 0.411 e. The highest BCUT2D eigenvalue weighted by atomic mass is 19.4. The molecule has 0 aliphatic rings. The third kappa shape index (κ3) is 3.78. The molecule has 0 fully saturated rings. The second kappa shape index (κ2) is 5.26. The second-order valence-corrected chi connectivity index (χ2v) is 3.17. The van der Waals surface area contributed by atoms with Crippen molar-refractivity contribution >= 4 is 0 Å². The third-order valence-corrected chi connectivity index (χ3v) is 1.93. The molecule has 1 N–H and O–H groups in total. The Kier molecular flexibility index (Phi) is 4.25. The van der Waals surface area contributed by atoms with Crippen LogP contribution in [0, 0.1) is 0 Å². The standard InChI is InChI=1S/C8H12F3N3O2/c1-14-6(12-13-7(14)4-15)2-3-16-5-8(9,10)11/h15H,2-5H2,1H3. The smallest absolute Gasteiger partial charge is 0.388 e. The molecular formula is C8H12F3N3O2. The predicted octanol–water partition coefficient (Wildman–Crippen LogP) is 0.429. The van der Waals surface area contributed by atoms with Crippen LogP contribution in [0.15, 0.2) is 0 Å². The van der Waals surface area contributed by atoms with Crippen LogP contribution in [-0.4, -0.2) is 39.3 Å². The molecule has 92 valence electrons. The molecular weight excluding hydrogens is 227 g/mol. The maximum Gasteiger partial charge on any atom is 0.411 e. The van der Waals surface area contributed by atoms with E-state index in [0.29, 0.717) is 11.6 Å². The Balaban J connectivity index is 2.35. The fraction of sp³-hybridized carbons (Fsp3) is 0.750. The molecule has 0 amide bonds. The topological polar surface area (TPSA) is 60.2 Å². The van der Waals surface area contributed by atoms with Crippen LogP contribution in [0.25, 0.3) is 0 Å². The summed E-state index contributed by atoms with van der Waals surface area (Å²) in [6.07, 6.45) is -4.09. The lowest BCUT2D eigenvalue weighted by Crippen LogP contribution is -2.18. The Morgan fingerprint density at radius 3 is 2.44 bits per heavy atom. The SMILES string of the molecule is Cn1c(CO)nnc1CCOCC(F)(F)F. The van der Waals surface area contributed by atoms with E-state index in [0.717, 1.165) is 0 Å². The molecule has 16 heavy (non-hydrogen) atoms. The number of aromatic nitrogens is 3. The molecule has 0 saturated heterocycles. The van der Waals surface area contributed by atoms with E-state index in [2.05, 4.69) is 14.9 Å². The number of hydrogen-bond donors (Lipinski definition) is 1. The molecule has 1 heterocycles. The van der Waals surface area contributed by atoms with Crippen molar-refractivity contribution in [2.75, 3.05) is 13.2 Å². The van der Waals surface area contributed by atoms with Crippen molar-refractivity contribution in [3.8, 4) is 0 Å². The molecule has 0 radical (unpaired) electrons. The van der Waals surface area contributed by atoms with Gasteiger partial charge in [0.2, 0.25) is 0 Å². The summed E-state index contributed by atoms with van der Waals surface area (Å²) >= 11 is 0. The van der Waals surface area contributed by atoms with E-state index in [-0.39, 0.29) is 19.6 Å². The quantitative estimate of drug-likeness (QED) is 0.757. The van der Waals surface area contributed by atoms with Crippen molar-refractivity contribution in [2.45, 2.75) is 19.2 Å². The number of hydrogen-bond acceptors (Lipinski definition) is 4. The van der Waals surface area contributed by atoms with Gasteiger partial charge in [-0.2, -0.15) is 13.2 Å². The molecule has 0 saturated carbocycles. The summed E-state index contributed by atoms with van der Waals surface area (Å²) in [6.45, 7) is -1.61. The van der Waals surface area contributed by atoms with E-state index in [1.807, 2.05) is 0 Å². The van der Waals surface area contributed by atoms with Gasteiger partial charge in [0.25, 0.3) is 0 Å². The summed E-state index contributed by atoms with van der Waals surface area (Å²) in [4.78, 5) is 0. The molecule has 8 heteroatoms. The lowest BCUT2D eigenvalue weighted by molar-refractivity contribution is -0.173. The Morgan fingerprint density at radius 2 is 1.94 bits per heavy atom. The molecule has 0 atom stereocenters. The van der Waals surface area contributed by atoms with E-state index in [1.54, 1.807) is 7.05 Å². The predicted molar refractivity (Wildman–Crippen MR) is 47.5 cm³/mol. The van der Waals surface area contributed by atoms with Crippen molar-refractivity contribution in [1.82, 2.24) is 14.8 Å². The second-order valence-electron chi connectivity index (χ2n) is 3.17. The zero-order chi connectivity index (χ0) is 12.2.